The molecule has 0 radical (unpaired) electrons. The Balaban J connectivity index is 1.82. The maximum absolute atomic E-state index is 13.2. The van der Waals surface area contributed by atoms with Crippen LogP contribution in [0.4, 0.5) is 0 Å². The molecule has 2 heterocycles. The van der Waals surface area contributed by atoms with Gasteiger partial charge in [0.25, 0.3) is 11.8 Å². The molecule has 1 atom stereocenters. The van der Waals surface area contributed by atoms with Gasteiger partial charge in [-0.2, -0.15) is 0 Å². The highest BCUT2D eigenvalue weighted by Crippen LogP contribution is 2.21. The van der Waals surface area contributed by atoms with Gasteiger partial charge < -0.3 is 15.7 Å². The number of likely N-dealkylation sites (N-methyl/N-ethyl adjacent to an activating group) is 1. The molecule has 7 heteroatoms. The number of carbonyl (C=O) groups is 2. The zero-order valence-corrected chi connectivity index (χ0v) is 16.0. The molecule has 0 saturated carbocycles. The van der Waals surface area contributed by atoms with Crippen molar-refractivity contribution in [2.24, 2.45) is 5.73 Å². The molecule has 1 aliphatic rings. The molecule has 3 N–H and O–H groups in total. The second kappa shape index (κ2) is 8.84. The minimum atomic E-state index is -0.621. The van der Waals surface area contributed by atoms with Crippen LogP contribution in [0, 0.1) is 0 Å². The van der Waals surface area contributed by atoms with Crippen molar-refractivity contribution in [3.8, 4) is 5.75 Å². The highest BCUT2D eigenvalue weighted by Gasteiger charge is 2.28. The van der Waals surface area contributed by atoms with Crippen LogP contribution in [0.5, 0.6) is 5.75 Å². The van der Waals surface area contributed by atoms with E-state index in [9.17, 15) is 14.7 Å². The number of carbonyl (C=O) groups excluding carboxylic acids is 2. The summed E-state index contributed by atoms with van der Waals surface area (Å²) in [5.74, 6) is -0.565. The van der Waals surface area contributed by atoms with Crippen molar-refractivity contribution in [1.82, 2.24) is 14.8 Å². The van der Waals surface area contributed by atoms with Gasteiger partial charge in [-0.1, -0.05) is 19.1 Å². The molecule has 1 aromatic heterocycles. The molecule has 1 aliphatic heterocycles. The highest BCUT2D eigenvalue weighted by molar-refractivity contribution is 5.95. The van der Waals surface area contributed by atoms with E-state index < -0.39 is 5.91 Å². The molecule has 1 aromatic carbocycles. The summed E-state index contributed by atoms with van der Waals surface area (Å²) in [6.07, 6.45) is 3.60. The normalized spacial score (nSPS) is 16.8. The summed E-state index contributed by atoms with van der Waals surface area (Å²) in [5.41, 5.74) is 6.72. The largest absolute Gasteiger partial charge is 0.508 e. The van der Waals surface area contributed by atoms with Gasteiger partial charge in [0, 0.05) is 25.3 Å². The first-order valence-corrected chi connectivity index (χ1v) is 9.55. The first kappa shape index (κ1) is 19.8. The lowest BCUT2D eigenvalue weighted by Crippen LogP contribution is -2.42. The molecule has 1 fully saturated rings. The van der Waals surface area contributed by atoms with E-state index in [1.165, 1.54) is 12.3 Å². The van der Waals surface area contributed by atoms with Crippen LogP contribution in [-0.4, -0.2) is 57.4 Å². The third-order valence-electron chi connectivity index (χ3n) is 5.20. The fourth-order valence-electron chi connectivity index (χ4n) is 3.66. The maximum atomic E-state index is 13.2. The number of likely N-dealkylation sites (tertiary alicyclic amines) is 1. The van der Waals surface area contributed by atoms with Gasteiger partial charge in [0.05, 0.1) is 5.56 Å². The smallest absolute Gasteiger partial charge is 0.267 e. The summed E-state index contributed by atoms with van der Waals surface area (Å²) in [4.78, 5) is 32.6. The number of rotatable bonds is 7. The Labute approximate surface area is 164 Å². The number of phenolic OH excluding ortho intramolecular Hbond substituents is 1. The van der Waals surface area contributed by atoms with E-state index in [1.54, 1.807) is 18.2 Å². The second-order valence-corrected chi connectivity index (χ2v) is 7.07. The summed E-state index contributed by atoms with van der Waals surface area (Å²) in [6.45, 7) is 5.20. The standard InChI is InChI=1S/C21H26N4O3/c1-2-24-11-3-4-17(24)14-25(13-15-5-8-18(26)9-6-15)21(28)16-7-10-19(20(22)27)23-12-16/h5-10,12,17,26H,2-4,11,13-14H2,1H3,(H2,22,27). The summed E-state index contributed by atoms with van der Waals surface area (Å²) < 4.78 is 0. The Morgan fingerprint density at radius 3 is 2.61 bits per heavy atom. The van der Waals surface area contributed by atoms with Crippen LogP contribution in [-0.2, 0) is 6.54 Å². The Morgan fingerprint density at radius 2 is 2.00 bits per heavy atom. The number of nitrogens with zero attached hydrogens (tertiary/aromatic N) is 3. The molecule has 0 bridgehead atoms. The summed E-state index contributed by atoms with van der Waals surface area (Å²) in [6, 6.07) is 10.3. The van der Waals surface area contributed by atoms with E-state index in [0.29, 0.717) is 24.7 Å². The van der Waals surface area contributed by atoms with Gasteiger partial charge in [-0.15, -0.1) is 0 Å². The van der Waals surface area contributed by atoms with Crippen molar-refractivity contribution in [1.29, 1.82) is 0 Å². The van der Waals surface area contributed by atoms with E-state index in [1.807, 2.05) is 17.0 Å². The van der Waals surface area contributed by atoms with Crippen LogP contribution in [0.15, 0.2) is 42.6 Å². The number of phenols is 1. The summed E-state index contributed by atoms with van der Waals surface area (Å²) in [5, 5.41) is 9.51. The molecule has 28 heavy (non-hydrogen) atoms. The molecule has 2 amide bonds. The molecule has 0 aliphatic carbocycles. The first-order chi connectivity index (χ1) is 13.5. The highest BCUT2D eigenvalue weighted by atomic mass is 16.3. The van der Waals surface area contributed by atoms with Crippen molar-refractivity contribution in [3.05, 3.63) is 59.4 Å². The van der Waals surface area contributed by atoms with Crippen LogP contribution >= 0.6 is 0 Å². The molecular formula is C21H26N4O3. The Bertz CT molecular complexity index is 821. The van der Waals surface area contributed by atoms with Crippen LogP contribution in [0.3, 0.4) is 0 Å². The van der Waals surface area contributed by atoms with Gasteiger partial charge in [-0.25, -0.2) is 0 Å². The number of benzene rings is 1. The number of hydrogen-bond donors (Lipinski definition) is 2. The number of amides is 2. The van der Waals surface area contributed by atoms with Gasteiger partial charge in [-0.05, 0) is 55.8 Å². The van der Waals surface area contributed by atoms with Gasteiger partial charge in [0.1, 0.15) is 11.4 Å². The quantitative estimate of drug-likeness (QED) is 0.763. The van der Waals surface area contributed by atoms with Crippen LogP contribution in [0.1, 0.15) is 46.2 Å². The van der Waals surface area contributed by atoms with E-state index in [4.69, 9.17) is 5.73 Å². The summed E-state index contributed by atoms with van der Waals surface area (Å²) in [7, 11) is 0. The number of aromatic hydroxyl groups is 1. The monoisotopic (exact) mass is 382 g/mol. The van der Waals surface area contributed by atoms with Crippen molar-refractivity contribution in [2.75, 3.05) is 19.6 Å². The number of primary amides is 1. The Hall–Kier alpha value is -2.93. The zero-order chi connectivity index (χ0) is 20.1. The molecule has 3 rings (SSSR count). The summed E-state index contributed by atoms with van der Waals surface area (Å²) >= 11 is 0. The van der Waals surface area contributed by atoms with E-state index >= 15 is 0 Å². The van der Waals surface area contributed by atoms with Gasteiger partial charge in [0.2, 0.25) is 0 Å². The minimum absolute atomic E-state index is 0.134. The molecule has 0 spiro atoms. The van der Waals surface area contributed by atoms with Gasteiger partial charge in [0.15, 0.2) is 0 Å². The van der Waals surface area contributed by atoms with E-state index in [2.05, 4.69) is 16.8 Å². The van der Waals surface area contributed by atoms with Crippen molar-refractivity contribution >= 4 is 11.8 Å². The van der Waals surface area contributed by atoms with Crippen LogP contribution < -0.4 is 5.73 Å². The van der Waals surface area contributed by atoms with E-state index in [-0.39, 0.29) is 17.4 Å². The number of hydrogen-bond acceptors (Lipinski definition) is 5. The Morgan fingerprint density at radius 1 is 1.25 bits per heavy atom. The average molecular weight is 382 g/mol. The van der Waals surface area contributed by atoms with Crippen molar-refractivity contribution < 1.29 is 14.7 Å². The van der Waals surface area contributed by atoms with Crippen LogP contribution in [0.2, 0.25) is 0 Å². The predicted molar refractivity (Wildman–Crippen MR) is 106 cm³/mol. The van der Waals surface area contributed by atoms with Gasteiger partial charge >= 0.3 is 0 Å². The predicted octanol–water partition coefficient (Wildman–Crippen LogP) is 2.01. The lowest BCUT2D eigenvalue weighted by Gasteiger charge is -2.30. The lowest BCUT2D eigenvalue weighted by molar-refractivity contribution is 0.0691. The molecule has 148 valence electrons. The fraction of sp³-hybridized carbons (Fsp3) is 0.381. The maximum Gasteiger partial charge on any atom is 0.267 e. The lowest BCUT2D eigenvalue weighted by atomic mass is 10.1. The Kier molecular flexibility index (Phi) is 6.26. The zero-order valence-electron chi connectivity index (χ0n) is 16.0. The number of aromatic nitrogens is 1. The van der Waals surface area contributed by atoms with Crippen molar-refractivity contribution in [3.63, 3.8) is 0 Å². The SMILES string of the molecule is CCN1CCCC1CN(Cc1ccc(O)cc1)C(=O)c1ccc(C(N)=O)nc1. The fourth-order valence-corrected chi connectivity index (χ4v) is 3.66. The minimum Gasteiger partial charge on any atom is -0.508 e. The third-order valence-corrected chi connectivity index (χ3v) is 5.20. The van der Waals surface area contributed by atoms with E-state index in [0.717, 1.165) is 31.5 Å². The topological polar surface area (TPSA) is 99.8 Å². The molecule has 2 aromatic rings. The third kappa shape index (κ3) is 4.67. The van der Waals surface area contributed by atoms with Crippen LogP contribution in [0.25, 0.3) is 0 Å². The van der Waals surface area contributed by atoms with Gasteiger partial charge in [-0.3, -0.25) is 19.5 Å². The number of nitrogens with two attached hydrogens (primary N) is 1. The first-order valence-electron chi connectivity index (χ1n) is 9.55. The molecule has 7 nitrogen and oxygen atoms in total. The van der Waals surface area contributed by atoms with Crippen molar-refractivity contribution in [2.45, 2.75) is 32.4 Å². The molecule has 1 unspecified atom stereocenters. The average Bonchev–Trinajstić information content (AvgIpc) is 3.16. The molecule has 1 saturated heterocycles. The second-order valence-electron chi connectivity index (χ2n) is 7.07. The molecular weight excluding hydrogens is 356 g/mol. The number of pyridine rings is 1.